The molecule has 23 heavy (non-hydrogen) atoms. The number of aromatic amines is 1. The number of H-pyrrole nitrogens is 1. The van der Waals surface area contributed by atoms with E-state index >= 15 is 0 Å². The second-order valence-corrected chi connectivity index (χ2v) is 7.75. The van der Waals surface area contributed by atoms with Crippen LogP contribution in [0.15, 0.2) is 15.5 Å². The predicted molar refractivity (Wildman–Crippen MR) is 83.3 cm³/mol. The van der Waals surface area contributed by atoms with Crippen molar-refractivity contribution >= 4 is 10.0 Å². The predicted octanol–water partition coefficient (Wildman–Crippen LogP) is 0.829. The van der Waals surface area contributed by atoms with E-state index in [-0.39, 0.29) is 0 Å². The zero-order chi connectivity index (χ0) is 16.6. The van der Waals surface area contributed by atoms with Crippen LogP contribution in [0.3, 0.4) is 0 Å². The van der Waals surface area contributed by atoms with Crippen LogP contribution in [0.1, 0.15) is 22.8 Å². The molecule has 3 rings (SSSR count). The average molecular weight is 339 g/mol. The van der Waals surface area contributed by atoms with Gasteiger partial charge in [-0.2, -0.15) is 9.40 Å². The molecule has 1 aliphatic heterocycles. The van der Waals surface area contributed by atoms with E-state index in [0.717, 1.165) is 11.5 Å². The summed E-state index contributed by atoms with van der Waals surface area (Å²) in [6.07, 6.45) is 0. The highest BCUT2D eigenvalue weighted by Gasteiger charge is 2.32. The van der Waals surface area contributed by atoms with Crippen molar-refractivity contribution in [1.82, 2.24) is 24.6 Å². The molecule has 0 atom stereocenters. The van der Waals surface area contributed by atoms with E-state index in [1.165, 1.54) is 4.31 Å². The van der Waals surface area contributed by atoms with Gasteiger partial charge in [0.15, 0.2) is 0 Å². The van der Waals surface area contributed by atoms with Gasteiger partial charge in [-0.3, -0.25) is 10.00 Å². The molecule has 0 aliphatic carbocycles. The lowest BCUT2D eigenvalue weighted by Crippen LogP contribution is -2.48. The van der Waals surface area contributed by atoms with Gasteiger partial charge in [0.05, 0.1) is 17.1 Å². The van der Waals surface area contributed by atoms with E-state index in [1.54, 1.807) is 13.8 Å². The molecule has 126 valence electrons. The molecule has 2 aromatic rings. The number of sulfonamides is 1. The van der Waals surface area contributed by atoms with Crippen molar-refractivity contribution in [1.29, 1.82) is 0 Å². The summed E-state index contributed by atoms with van der Waals surface area (Å²) < 4.78 is 32.2. The molecule has 1 N–H and O–H groups in total. The average Bonchev–Trinajstić information content (AvgIpc) is 3.05. The molecule has 2 aromatic heterocycles. The third-order valence-corrected chi connectivity index (χ3v) is 6.21. The summed E-state index contributed by atoms with van der Waals surface area (Å²) in [4.78, 5) is 2.48. The minimum Gasteiger partial charge on any atom is -0.361 e. The maximum atomic E-state index is 12.8. The summed E-state index contributed by atoms with van der Waals surface area (Å²) in [5, 5.41) is 10.7. The summed E-state index contributed by atoms with van der Waals surface area (Å²) in [7, 11) is -3.49. The van der Waals surface area contributed by atoms with Gasteiger partial charge < -0.3 is 4.52 Å². The first-order valence-electron chi connectivity index (χ1n) is 7.54. The SMILES string of the molecule is Cc1cc(CN2CCN(S(=O)(=O)c3c(C)n[nH]c3C)CC2)no1. The summed E-state index contributed by atoms with van der Waals surface area (Å²) in [6, 6.07) is 1.90. The Bertz CT molecular complexity index is 768. The van der Waals surface area contributed by atoms with Gasteiger partial charge in [-0.25, -0.2) is 8.42 Å². The second-order valence-electron chi connectivity index (χ2n) is 5.87. The Labute approximate surface area is 135 Å². The van der Waals surface area contributed by atoms with Gasteiger partial charge in [0.1, 0.15) is 10.7 Å². The zero-order valence-electron chi connectivity index (χ0n) is 13.5. The molecule has 1 saturated heterocycles. The lowest BCUT2D eigenvalue weighted by atomic mass is 10.3. The molecule has 0 bridgehead atoms. The molecule has 9 heteroatoms. The lowest BCUT2D eigenvalue weighted by molar-refractivity contribution is 0.177. The number of rotatable bonds is 4. The smallest absolute Gasteiger partial charge is 0.246 e. The standard InChI is InChI=1S/C14H21N5O3S/c1-10-8-13(17-22-10)9-18-4-6-19(7-5-18)23(20,21)14-11(2)15-16-12(14)3/h8H,4-7,9H2,1-3H3,(H,15,16). The van der Waals surface area contributed by atoms with Gasteiger partial charge in [-0.1, -0.05) is 5.16 Å². The van der Waals surface area contributed by atoms with E-state index in [2.05, 4.69) is 20.3 Å². The van der Waals surface area contributed by atoms with Crippen molar-refractivity contribution in [3.05, 3.63) is 28.9 Å². The normalized spacial score (nSPS) is 17.7. The van der Waals surface area contributed by atoms with Gasteiger partial charge in [-0.15, -0.1) is 0 Å². The number of hydrogen-bond acceptors (Lipinski definition) is 6. The molecule has 0 spiro atoms. The first-order chi connectivity index (χ1) is 10.9. The van der Waals surface area contributed by atoms with E-state index < -0.39 is 10.0 Å². The number of nitrogens with one attached hydrogen (secondary N) is 1. The van der Waals surface area contributed by atoms with Crippen molar-refractivity contribution in [3.63, 3.8) is 0 Å². The Balaban J connectivity index is 1.66. The topological polar surface area (TPSA) is 95.3 Å². The second kappa shape index (κ2) is 6.06. The molecular formula is C14H21N5O3S. The molecule has 3 heterocycles. The first-order valence-corrected chi connectivity index (χ1v) is 8.98. The number of aryl methyl sites for hydroxylation is 3. The van der Waals surface area contributed by atoms with Crippen LogP contribution in [0.5, 0.6) is 0 Å². The fraction of sp³-hybridized carbons (Fsp3) is 0.571. The third-order valence-electron chi connectivity index (χ3n) is 4.05. The monoisotopic (exact) mass is 339 g/mol. The van der Waals surface area contributed by atoms with Gasteiger partial charge in [-0.05, 0) is 20.8 Å². The Kier molecular flexibility index (Phi) is 4.26. The van der Waals surface area contributed by atoms with Gasteiger partial charge in [0.2, 0.25) is 10.0 Å². The highest BCUT2D eigenvalue weighted by Crippen LogP contribution is 2.23. The van der Waals surface area contributed by atoms with E-state index in [1.807, 2.05) is 13.0 Å². The minimum absolute atomic E-state index is 0.304. The first kappa shape index (κ1) is 16.2. The minimum atomic E-state index is -3.49. The van der Waals surface area contributed by atoms with Crippen LogP contribution in [-0.2, 0) is 16.6 Å². The Morgan fingerprint density at radius 3 is 2.43 bits per heavy atom. The lowest BCUT2D eigenvalue weighted by Gasteiger charge is -2.33. The van der Waals surface area contributed by atoms with E-state index in [0.29, 0.717) is 49.0 Å². The van der Waals surface area contributed by atoms with Gasteiger partial charge in [0.25, 0.3) is 0 Å². The number of nitrogens with zero attached hydrogens (tertiary/aromatic N) is 4. The van der Waals surface area contributed by atoms with Gasteiger partial charge >= 0.3 is 0 Å². The summed E-state index contributed by atoms with van der Waals surface area (Å²) in [5.41, 5.74) is 1.98. The highest BCUT2D eigenvalue weighted by molar-refractivity contribution is 7.89. The number of piperazine rings is 1. The zero-order valence-corrected chi connectivity index (χ0v) is 14.4. The molecule has 1 fully saturated rings. The molecule has 0 aromatic carbocycles. The van der Waals surface area contributed by atoms with Crippen molar-refractivity contribution < 1.29 is 12.9 Å². The Hall–Kier alpha value is -1.71. The summed E-state index contributed by atoms with van der Waals surface area (Å²) >= 11 is 0. The molecule has 0 radical (unpaired) electrons. The highest BCUT2D eigenvalue weighted by atomic mass is 32.2. The Morgan fingerprint density at radius 1 is 1.22 bits per heavy atom. The van der Waals surface area contributed by atoms with Crippen LogP contribution >= 0.6 is 0 Å². The molecule has 1 aliphatic rings. The number of aromatic nitrogens is 3. The van der Waals surface area contributed by atoms with Crippen molar-refractivity contribution in [3.8, 4) is 0 Å². The van der Waals surface area contributed by atoms with Gasteiger partial charge in [0, 0.05) is 38.8 Å². The van der Waals surface area contributed by atoms with Crippen LogP contribution < -0.4 is 0 Å². The van der Waals surface area contributed by atoms with E-state index in [4.69, 9.17) is 4.52 Å². The Morgan fingerprint density at radius 2 is 1.91 bits per heavy atom. The van der Waals surface area contributed by atoms with Crippen LogP contribution in [0.25, 0.3) is 0 Å². The third kappa shape index (κ3) is 3.17. The maximum Gasteiger partial charge on any atom is 0.246 e. The van der Waals surface area contributed by atoms with Crippen molar-refractivity contribution in [2.45, 2.75) is 32.2 Å². The fourth-order valence-corrected chi connectivity index (χ4v) is 4.65. The van der Waals surface area contributed by atoms with Crippen LogP contribution in [0.4, 0.5) is 0 Å². The van der Waals surface area contributed by atoms with Crippen molar-refractivity contribution in [2.24, 2.45) is 0 Å². The van der Waals surface area contributed by atoms with Crippen molar-refractivity contribution in [2.75, 3.05) is 26.2 Å². The quantitative estimate of drug-likeness (QED) is 0.886. The summed E-state index contributed by atoms with van der Waals surface area (Å²) in [6.45, 7) is 8.23. The molecule has 8 nitrogen and oxygen atoms in total. The van der Waals surface area contributed by atoms with Crippen LogP contribution in [-0.4, -0.2) is 59.2 Å². The van der Waals surface area contributed by atoms with Crippen LogP contribution in [0.2, 0.25) is 0 Å². The fourth-order valence-electron chi connectivity index (χ4n) is 2.90. The molecule has 0 amide bonds. The molecule has 0 unspecified atom stereocenters. The largest absolute Gasteiger partial charge is 0.361 e. The number of hydrogen-bond donors (Lipinski definition) is 1. The van der Waals surface area contributed by atoms with E-state index in [9.17, 15) is 8.42 Å². The van der Waals surface area contributed by atoms with Crippen LogP contribution in [0, 0.1) is 20.8 Å². The maximum absolute atomic E-state index is 12.8. The molecular weight excluding hydrogens is 318 g/mol. The summed E-state index contributed by atoms with van der Waals surface area (Å²) in [5.74, 6) is 0.784. The molecule has 0 saturated carbocycles.